The van der Waals surface area contributed by atoms with E-state index in [1.807, 2.05) is 12.1 Å². The predicted octanol–water partition coefficient (Wildman–Crippen LogP) is 4.85. The van der Waals surface area contributed by atoms with Gasteiger partial charge in [-0.05, 0) is 48.2 Å². The maximum atomic E-state index is 6.07. The fraction of sp³-hybridized carbons (Fsp3) is 0.368. The van der Waals surface area contributed by atoms with E-state index in [1.165, 1.54) is 11.1 Å². The number of hydrogen-bond donors (Lipinski definition) is 1. The third-order valence-corrected chi connectivity index (χ3v) is 3.50. The van der Waals surface area contributed by atoms with E-state index in [-0.39, 0.29) is 0 Å². The van der Waals surface area contributed by atoms with Crippen molar-refractivity contribution in [3.05, 3.63) is 59.2 Å². The summed E-state index contributed by atoms with van der Waals surface area (Å²) in [7, 11) is 0. The number of nitrogens with one attached hydrogen (secondary N) is 1. The van der Waals surface area contributed by atoms with Gasteiger partial charge in [0.05, 0.1) is 0 Å². The lowest BCUT2D eigenvalue weighted by Gasteiger charge is -2.13. The zero-order valence-corrected chi connectivity index (χ0v) is 13.4. The molecular formula is C19H25NO. The van der Waals surface area contributed by atoms with Crippen molar-refractivity contribution in [3.8, 4) is 11.5 Å². The predicted molar refractivity (Wildman–Crippen MR) is 89.0 cm³/mol. The second kappa shape index (κ2) is 7.28. The van der Waals surface area contributed by atoms with E-state index in [0.717, 1.165) is 30.0 Å². The van der Waals surface area contributed by atoms with Gasteiger partial charge in [-0.2, -0.15) is 0 Å². The quantitative estimate of drug-likeness (QED) is 0.818. The van der Waals surface area contributed by atoms with Crippen LogP contribution in [0.15, 0.2) is 42.5 Å². The van der Waals surface area contributed by atoms with E-state index in [9.17, 15) is 0 Å². The molecular weight excluding hydrogens is 258 g/mol. The molecule has 0 aromatic heterocycles. The van der Waals surface area contributed by atoms with Crippen molar-refractivity contribution < 1.29 is 4.74 Å². The maximum absolute atomic E-state index is 6.07. The van der Waals surface area contributed by atoms with Gasteiger partial charge >= 0.3 is 0 Å². The normalized spacial score (nSPS) is 10.9. The van der Waals surface area contributed by atoms with Crippen LogP contribution in [0, 0.1) is 6.92 Å². The van der Waals surface area contributed by atoms with Crippen LogP contribution in [-0.4, -0.2) is 6.04 Å². The average molecular weight is 283 g/mol. The molecule has 2 nitrogen and oxygen atoms in total. The van der Waals surface area contributed by atoms with E-state index in [1.54, 1.807) is 0 Å². The topological polar surface area (TPSA) is 21.3 Å². The van der Waals surface area contributed by atoms with Gasteiger partial charge in [0, 0.05) is 12.6 Å². The molecule has 0 spiro atoms. The van der Waals surface area contributed by atoms with E-state index in [4.69, 9.17) is 4.74 Å². The van der Waals surface area contributed by atoms with E-state index in [0.29, 0.717) is 6.04 Å². The minimum absolute atomic E-state index is 0.483. The lowest BCUT2D eigenvalue weighted by Crippen LogP contribution is -2.21. The van der Waals surface area contributed by atoms with Crippen molar-refractivity contribution in [1.82, 2.24) is 5.32 Å². The molecule has 0 aliphatic rings. The second-order valence-electron chi connectivity index (χ2n) is 5.74. The Kier molecular flexibility index (Phi) is 5.40. The van der Waals surface area contributed by atoms with Gasteiger partial charge in [0.2, 0.25) is 0 Å². The third-order valence-electron chi connectivity index (χ3n) is 3.50. The van der Waals surface area contributed by atoms with Gasteiger partial charge in [0.25, 0.3) is 0 Å². The first-order chi connectivity index (χ1) is 10.1. The molecule has 0 unspecified atom stereocenters. The molecule has 0 atom stereocenters. The van der Waals surface area contributed by atoms with E-state index >= 15 is 0 Å². The fourth-order valence-corrected chi connectivity index (χ4v) is 2.14. The van der Waals surface area contributed by atoms with Crippen LogP contribution in [0.2, 0.25) is 0 Å². The second-order valence-corrected chi connectivity index (χ2v) is 5.74. The monoisotopic (exact) mass is 283 g/mol. The number of ether oxygens (including phenoxy) is 1. The summed E-state index contributed by atoms with van der Waals surface area (Å²) in [5.41, 5.74) is 3.70. The first kappa shape index (κ1) is 15.6. The van der Waals surface area contributed by atoms with E-state index in [2.05, 4.69) is 63.3 Å². The van der Waals surface area contributed by atoms with Crippen molar-refractivity contribution in [2.75, 3.05) is 0 Å². The highest BCUT2D eigenvalue weighted by molar-refractivity contribution is 5.41. The average Bonchev–Trinajstić information content (AvgIpc) is 2.48. The summed E-state index contributed by atoms with van der Waals surface area (Å²) in [6.07, 6.45) is 1.02. The summed E-state index contributed by atoms with van der Waals surface area (Å²) >= 11 is 0. The molecule has 0 heterocycles. The summed E-state index contributed by atoms with van der Waals surface area (Å²) < 4.78 is 6.07. The zero-order valence-electron chi connectivity index (χ0n) is 13.4. The largest absolute Gasteiger partial charge is 0.457 e. The molecule has 2 aromatic carbocycles. The summed E-state index contributed by atoms with van der Waals surface area (Å²) in [5.74, 6) is 1.85. The molecule has 1 N–H and O–H groups in total. The number of aryl methyl sites for hydroxylation is 2. The third kappa shape index (κ3) is 4.61. The molecule has 2 heteroatoms. The molecule has 0 radical (unpaired) electrons. The van der Waals surface area contributed by atoms with Crippen molar-refractivity contribution in [2.24, 2.45) is 0 Å². The molecule has 21 heavy (non-hydrogen) atoms. The standard InChI is InChI=1S/C19H25NO/c1-5-16-7-6-8-18(11-16)21-19-12-17(10-9-15(19)4)13-20-14(2)3/h6-12,14,20H,5,13H2,1-4H3. The Morgan fingerprint density at radius 2 is 1.86 bits per heavy atom. The van der Waals surface area contributed by atoms with Gasteiger partial charge in [-0.3, -0.25) is 0 Å². The number of benzene rings is 2. The number of hydrogen-bond acceptors (Lipinski definition) is 2. The van der Waals surface area contributed by atoms with Gasteiger partial charge in [-0.1, -0.05) is 45.0 Å². The Morgan fingerprint density at radius 1 is 1.05 bits per heavy atom. The highest BCUT2D eigenvalue weighted by Crippen LogP contribution is 2.27. The Bertz CT molecular complexity index is 590. The van der Waals surface area contributed by atoms with Crippen LogP contribution in [0.5, 0.6) is 11.5 Å². The summed E-state index contributed by atoms with van der Waals surface area (Å²) in [6, 6.07) is 15.2. The Hall–Kier alpha value is -1.80. The highest BCUT2D eigenvalue weighted by atomic mass is 16.5. The highest BCUT2D eigenvalue weighted by Gasteiger charge is 2.05. The summed E-state index contributed by atoms with van der Waals surface area (Å²) in [4.78, 5) is 0. The van der Waals surface area contributed by atoms with Crippen molar-refractivity contribution in [1.29, 1.82) is 0 Å². The lowest BCUT2D eigenvalue weighted by atomic mass is 10.1. The van der Waals surface area contributed by atoms with Crippen LogP contribution >= 0.6 is 0 Å². The Morgan fingerprint density at radius 3 is 2.57 bits per heavy atom. The van der Waals surface area contributed by atoms with Gasteiger partial charge in [0.1, 0.15) is 11.5 Å². The summed E-state index contributed by atoms with van der Waals surface area (Å²) in [6.45, 7) is 9.41. The molecule has 2 rings (SSSR count). The van der Waals surface area contributed by atoms with E-state index < -0.39 is 0 Å². The summed E-state index contributed by atoms with van der Waals surface area (Å²) in [5, 5.41) is 3.44. The molecule has 0 saturated carbocycles. The molecule has 0 amide bonds. The lowest BCUT2D eigenvalue weighted by molar-refractivity contribution is 0.476. The maximum Gasteiger partial charge on any atom is 0.130 e. The van der Waals surface area contributed by atoms with Crippen molar-refractivity contribution >= 4 is 0 Å². The number of rotatable bonds is 6. The molecule has 0 bridgehead atoms. The molecule has 0 aliphatic carbocycles. The first-order valence-corrected chi connectivity index (χ1v) is 7.68. The molecule has 0 aliphatic heterocycles. The van der Waals surface area contributed by atoms with Gasteiger partial charge < -0.3 is 10.1 Å². The fourth-order valence-electron chi connectivity index (χ4n) is 2.14. The first-order valence-electron chi connectivity index (χ1n) is 7.68. The minimum atomic E-state index is 0.483. The van der Waals surface area contributed by atoms with Crippen LogP contribution in [-0.2, 0) is 13.0 Å². The van der Waals surface area contributed by atoms with Gasteiger partial charge in [-0.15, -0.1) is 0 Å². The zero-order chi connectivity index (χ0) is 15.2. The van der Waals surface area contributed by atoms with Crippen LogP contribution < -0.4 is 10.1 Å². The minimum Gasteiger partial charge on any atom is -0.457 e. The van der Waals surface area contributed by atoms with Crippen LogP contribution in [0.25, 0.3) is 0 Å². The molecule has 0 saturated heterocycles. The van der Waals surface area contributed by atoms with Crippen molar-refractivity contribution in [2.45, 2.75) is 46.7 Å². The smallest absolute Gasteiger partial charge is 0.130 e. The molecule has 0 fully saturated rings. The van der Waals surface area contributed by atoms with Gasteiger partial charge in [-0.25, -0.2) is 0 Å². The Labute approximate surface area is 128 Å². The Balaban J connectivity index is 2.16. The van der Waals surface area contributed by atoms with Crippen molar-refractivity contribution in [3.63, 3.8) is 0 Å². The molecule has 2 aromatic rings. The SMILES string of the molecule is CCc1cccc(Oc2cc(CNC(C)C)ccc2C)c1. The molecule has 112 valence electrons. The van der Waals surface area contributed by atoms with Crippen LogP contribution in [0.1, 0.15) is 37.5 Å². The van der Waals surface area contributed by atoms with Crippen LogP contribution in [0.4, 0.5) is 0 Å². The van der Waals surface area contributed by atoms with Gasteiger partial charge in [0.15, 0.2) is 0 Å². The van der Waals surface area contributed by atoms with Crippen LogP contribution in [0.3, 0.4) is 0 Å².